The van der Waals surface area contributed by atoms with E-state index in [1.807, 2.05) is 23.1 Å². The van der Waals surface area contributed by atoms with Crippen LogP contribution in [0.15, 0.2) is 22.7 Å². The Hall–Kier alpha value is -0.870. The first kappa shape index (κ1) is 14.2. The van der Waals surface area contributed by atoms with Crippen molar-refractivity contribution in [1.29, 1.82) is 0 Å². The molecule has 4 heteroatoms. The van der Waals surface area contributed by atoms with Crippen molar-refractivity contribution in [3.8, 4) is 0 Å². The Morgan fingerprint density at radius 2 is 2.12 bits per heavy atom. The van der Waals surface area contributed by atoms with Crippen molar-refractivity contribution in [2.75, 3.05) is 24.6 Å². The van der Waals surface area contributed by atoms with Crippen molar-refractivity contribution in [1.82, 2.24) is 0 Å². The number of ketones is 1. The van der Waals surface area contributed by atoms with Gasteiger partial charge < -0.3 is 10.0 Å². The summed E-state index contributed by atoms with van der Waals surface area (Å²) >= 11 is 3.42. The van der Waals surface area contributed by atoms with Gasteiger partial charge in [0.1, 0.15) is 0 Å². The summed E-state index contributed by atoms with van der Waals surface area (Å²) in [6.07, 6.45) is 0.976. The van der Waals surface area contributed by atoms with Gasteiger partial charge in [-0.25, -0.2) is 0 Å². The summed E-state index contributed by atoms with van der Waals surface area (Å²) in [5, 5.41) is 9.09. The lowest BCUT2D eigenvalue weighted by molar-refractivity contribution is 0.101. The minimum Gasteiger partial charge on any atom is -0.395 e. The summed E-state index contributed by atoms with van der Waals surface area (Å²) < 4.78 is 0.941. The third-order valence-electron chi connectivity index (χ3n) is 2.54. The average Bonchev–Trinajstić information content (AvgIpc) is 2.28. The van der Waals surface area contributed by atoms with Gasteiger partial charge in [-0.05, 0) is 31.5 Å². The molecule has 0 aromatic heterocycles. The van der Waals surface area contributed by atoms with Crippen LogP contribution < -0.4 is 4.90 Å². The molecule has 0 aliphatic heterocycles. The third-order valence-corrected chi connectivity index (χ3v) is 3.04. The first-order chi connectivity index (χ1) is 8.10. The highest BCUT2D eigenvalue weighted by atomic mass is 79.9. The molecule has 0 aliphatic carbocycles. The minimum absolute atomic E-state index is 0.0477. The van der Waals surface area contributed by atoms with E-state index in [2.05, 4.69) is 22.9 Å². The molecule has 1 aromatic carbocycles. The van der Waals surface area contributed by atoms with Gasteiger partial charge in [-0.2, -0.15) is 0 Å². The highest BCUT2D eigenvalue weighted by Crippen LogP contribution is 2.25. The maximum Gasteiger partial charge on any atom is 0.161 e. The summed E-state index contributed by atoms with van der Waals surface area (Å²) in [6.45, 7) is 5.11. The van der Waals surface area contributed by atoms with Crippen molar-refractivity contribution >= 4 is 27.4 Å². The Bertz CT molecular complexity index is 387. The standard InChI is InChI=1S/C13H18BrNO2/c1-3-6-15(7-8-16)13-9-11(14)4-5-12(13)10(2)17/h4-5,9,16H,3,6-8H2,1-2H3. The van der Waals surface area contributed by atoms with Crippen molar-refractivity contribution in [2.45, 2.75) is 20.3 Å². The molecule has 94 valence electrons. The summed E-state index contributed by atoms with van der Waals surface area (Å²) in [4.78, 5) is 13.6. The normalized spacial score (nSPS) is 10.4. The molecule has 0 fully saturated rings. The van der Waals surface area contributed by atoms with E-state index in [1.54, 1.807) is 6.92 Å². The molecule has 0 bridgehead atoms. The SMILES string of the molecule is CCCN(CCO)c1cc(Br)ccc1C(C)=O. The molecule has 0 saturated carbocycles. The molecule has 1 N–H and O–H groups in total. The number of carbonyl (C=O) groups is 1. The van der Waals surface area contributed by atoms with Crippen LogP contribution in [0.4, 0.5) is 5.69 Å². The van der Waals surface area contributed by atoms with Crippen LogP contribution in [-0.4, -0.2) is 30.6 Å². The zero-order valence-electron chi connectivity index (χ0n) is 10.2. The Morgan fingerprint density at radius 3 is 2.65 bits per heavy atom. The molecule has 0 spiro atoms. The number of hydrogen-bond acceptors (Lipinski definition) is 3. The quantitative estimate of drug-likeness (QED) is 0.821. The van der Waals surface area contributed by atoms with Crippen LogP contribution in [0, 0.1) is 0 Å². The number of benzene rings is 1. The van der Waals surface area contributed by atoms with E-state index in [9.17, 15) is 4.79 Å². The molecular formula is C13H18BrNO2. The van der Waals surface area contributed by atoms with E-state index < -0.39 is 0 Å². The van der Waals surface area contributed by atoms with E-state index >= 15 is 0 Å². The van der Waals surface area contributed by atoms with Gasteiger partial charge in [0, 0.05) is 28.8 Å². The Morgan fingerprint density at radius 1 is 1.41 bits per heavy atom. The summed E-state index contributed by atoms with van der Waals surface area (Å²) in [5.41, 5.74) is 1.60. The second-order valence-electron chi connectivity index (χ2n) is 3.93. The monoisotopic (exact) mass is 299 g/mol. The molecule has 0 heterocycles. The Balaban J connectivity index is 3.14. The summed E-state index contributed by atoms with van der Waals surface area (Å²) in [7, 11) is 0. The molecule has 17 heavy (non-hydrogen) atoms. The fraction of sp³-hybridized carbons (Fsp3) is 0.462. The lowest BCUT2D eigenvalue weighted by Gasteiger charge is -2.25. The molecule has 0 atom stereocenters. The van der Waals surface area contributed by atoms with Crippen LogP contribution in [0.3, 0.4) is 0 Å². The van der Waals surface area contributed by atoms with Crippen LogP contribution in [0.25, 0.3) is 0 Å². The lowest BCUT2D eigenvalue weighted by Crippen LogP contribution is -2.28. The highest BCUT2D eigenvalue weighted by Gasteiger charge is 2.13. The van der Waals surface area contributed by atoms with Crippen LogP contribution in [0.2, 0.25) is 0 Å². The molecule has 0 amide bonds. The van der Waals surface area contributed by atoms with E-state index in [0.717, 1.165) is 23.1 Å². The largest absolute Gasteiger partial charge is 0.395 e. The topological polar surface area (TPSA) is 40.5 Å². The number of hydrogen-bond donors (Lipinski definition) is 1. The Kier molecular flexibility index (Phi) is 5.65. The van der Waals surface area contributed by atoms with E-state index in [-0.39, 0.29) is 12.4 Å². The fourth-order valence-corrected chi connectivity index (χ4v) is 2.16. The number of aliphatic hydroxyl groups is 1. The van der Waals surface area contributed by atoms with E-state index in [1.165, 1.54) is 0 Å². The number of anilines is 1. The first-order valence-corrected chi connectivity index (χ1v) is 6.55. The van der Waals surface area contributed by atoms with Crippen molar-refractivity contribution in [3.05, 3.63) is 28.2 Å². The lowest BCUT2D eigenvalue weighted by atomic mass is 10.1. The molecule has 1 rings (SSSR count). The van der Waals surface area contributed by atoms with Crippen LogP contribution in [-0.2, 0) is 0 Å². The second kappa shape index (κ2) is 6.77. The third kappa shape index (κ3) is 3.82. The van der Waals surface area contributed by atoms with Gasteiger partial charge in [0.25, 0.3) is 0 Å². The predicted octanol–water partition coefficient (Wildman–Crippen LogP) is 2.86. The molecular weight excluding hydrogens is 282 g/mol. The van der Waals surface area contributed by atoms with Gasteiger partial charge >= 0.3 is 0 Å². The minimum atomic E-state index is 0.0477. The fourth-order valence-electron chi connectivity index (χ4n) is 1.81. The zero-order chi connectivity index (χ0) is 12.8. The predicted molar refractivity (Wildman–Crippen MR) is 73.7 cm³/mol. The van der Waals surface area contributed by atoms with Crippen molar-refractivity contribution in [3.63, 3.8) is 0 Å². The highest BCUT2D eigenvalue weighted by molar-refractivity contribution is 9.10. The first-order valence-electron chi connectivity index (χ1n) is 5.76. The number of rotatable bonds is 6. The number of Topliss-reactive ketones (excluding diaryl/α,β-unsaturated/α-hetero) is 1. The van der Waals surface area contributed by atoms with Crippen molar-refractivity contribution in [2.24, 2.45) is 0 Å². The molecule has 0 radical (unpaired) electrons. The summed E-state index contributed by atoms with van der Waals surface area (Å²) in [6, 6.07) is 5.62. The number of nitrogens with zero attached hydrogens (tertiary/aromatic N) is 1. The molecule has 3 nitrogen and oxygen atoms in total. The van der Waals surface area contributed by atoms with E-state index in [0.29, 0.717) is 12.1 Å². The van der Waals surface area contributed by atoms with Crippen LogP contribution >= 0.6 is 15.9 Å². The maximum atomic E-state index is 11.6. The average molecular weight is 300 g/mol. The molecule has 1 aromatic rings. The van der Waals surface area contributed by atoms with Gasteiger partial charge in [-0.15, -0.1) is 0 Å². The van der Waals surface area contributed by atoms with Gasteiger partial charge in [0.05, 0.1) is 6.61 Å². The Labute approximate surface area is 111 Å². The molecule has 0 unspecified atom stereocenters. The zero-order valence-corrected chi connectivity index (χ0v) is 11.8. The van der Waals surface area contributed by atoms with Gasteiger partial charge in [-0.1, -0.05) is 22.9 Å². The molecule has 0 aliphatic rings. The number of halogens is 1. The number of carbonyl (C=O) groups excluding carboxylic acids is 1. The van der Waals surface area contributed by atoms with Crippen LogP contribution in [0.5, 0.6) is 0 Å². The summed E-state index contributed by atoms with van der Waals surface area (Å²) in [5.74, 6) is 0.0477. The molecule has 0 saturated heterocycles. The van der Waals surface area contributed by atoms with Gasteiger partial charge in [0.2, 0.25) is 0 Å². The van der Waals surface area contributed by atoms with Gasteiger partial charge in [0.15, 0.2) is 5.78 Å². The second-order valence-corrected chi connectivity index (χ2v) is 4.84. The van der Waals surface area contributed by atoms with Crippen LogP contribution in [0.1, 0.15) is 30.6 Å². The maximum absolute atomic E-state index is 11.6. The van der Waals surface area contributed by atoms with E-state index in [4.69, 9.17) is 5.11 Å². The smallest absolute Gasteiger partial charge is 0.161 e. The number of aliphatic hydroxyl groups excluding tert-OH is 1. The van der Waals surface area contributed by atoms with Crippen molar-refractivity contribution < 1.29 is 9.90 Å². The van der Waals surface area contributed by atoms with Gasteiger partial charge in [-0.3, -0.25) is 4.79 Å².